The molecule has 354 valence electrons. The number of hydrogen-bond acceptors (Lipinski definition) is 5. The highest BCUT2D eigenvalue weighted by atomic mass is 15.0. The zero-order valence-corrected chi connectivity index (χ0v) is 41.0. The lowest BCUT2D eigenvalue weighted by atomic mass is 9.72. The van der Waals surface area contributed by atoms with Gasteiger partial charge in [0.25, 0.3) is 0 Å². The molecule has 0 amide bonds. The Morgan fingerprint density at radius 2 is 0.671 bits per heavy atom. The van der Waals surface area contributed by atoms with Crippen LogP contribution >= 0.6 is 0 Å². The third-order valence-corrected chi connectivity index (χ3v) is 16.3. The molecular weight excluding hydrogens is 927 g/mol. The Hall–Kier alpha value is -10.1. The van der Waals surface area contributed by atoms with E-state index >= 15 is 0 Å². The standard InChI is InChI=1S/C69H43N7/c1-4-19-55-48(16-1)51-42-46(29-31-56(51)68(55,63-23-7-11-35-70-63)64-24-8-12-36-71-64)75-59-21-5-2-17-49(59)52-40-44(27-33-61(52)75)45-28-34-62-53(41-45)50-18-3-6-22-60(50)76(62)47-30-32-57-54(43-47)67-58(20-15-39-74-67)69(57,65-25-9-13-37-72-65)66-26-10-14-38-73-66/h1-43H. The fraction of sp³-hybridized carbons (Fsp3) is 0.0290. The van der Waals surface area contributed by atoms with Crippen LogP contribution in [0.25, 0.3) is 88.5 Å². The van der Waals surface area contributed by atoms with Gasteiger partial charge in [-0.1, -0.05) is 115 Å². The van der Waals surface area contributed by atoms with E-state index in [1.807, 2.05) is 61.3 Å². The summed E-state index contributed by atoms with van der Waals surface area (Å²) in [7, 11) is 0. The van der Waals surface area contributed by atoms with Crippen molar-refractivity contribution in [1.29, 1.82) is 0 Å². The molecule has 0 atom stereocenters. The lowest BCUT2D eigenvalue weighted by Gasteiger charge is -2.31. The Morgan fingerprint density at radius 1 is 0.263 bits per heavy atom. The van der Waals surface area contributed by atoms with Crippen LogP contribution in [0.4, 0.5) is 0 Å². The molecule has 14 aromatic rings. The van der Waals surface area contributed by atoms with E-state index < -0.39 is 10.8 Å². The Balaban J connectivity index is 0.834. The molecule has 16 rings (SSSR count). The summed E-state index contributed by atoms with van der Waals surface area (Å²) in [4.78, 5) is 25.1. The van der Waals surface area contributed by atoms with Gasteiger partial charge in [-0.15, -0.1) is 0 Å². The van der Waals surface area contributed by atoms with Crippen molar-refractivity contribution in [3.8, 4) is 44.9 Å². The highest BCUT2D eigenvalue weighted by molar-refractivity contribution is 6.13. The van der Waals surface area contributed by atoms with E-state index in [-0.39, 0.29) is 0 Å². The molecule has 76 heavy (non-hydrogen) atoms. The normalized spacial score (nSPS) is 13.7. The van der Waals surface area contributed by atoms with Crippen LogP contribution in [-0.2, 0) is 10.8 Å². The third-order valence-electron chi connectivity index (χ3n) is 16.3. The van der Waals surface area contributed by atoms with Gasteiger partial charge in [0.15, 0.2) is 0 Å². The van der Waals surface area contributed by atoms with Crippen LogP contribution < -0.4 is 0 Å². The van der Waals surface area contributed by atoms with Gasteiger partial charge in [0.2, 0.25) is 0 Å². The fourth-order valence-electron chi connectivity index (χ4n) is 13.2. The van der Waals surface area contributed by atoms with E-state index in [1.165, 1.54) is 43.8 Å². The van der Waals surface area contributed by atoms with Crippen LogP contribution in [0.2, 0.25) is 0 Å². The quantitative estimate of drug-likeness (QED) is 0.159. The fourth-order valence-corrected chi connectivity index (χ4v) is 13.2. The number of para-hydroxylation sites is 2. The molecule has 0 N–H and O–H groups in total. The van der Waals surface area contributed by atoms with Crippen LogP contribution in [0, 0.1) is 0 Å². The summed E-state index contributed by atoms with van der Waals surface area (Å²) >= 11 is 0. The summed E-state index contributed by atoms with van der Waals surface area (Å²) in [5.74, 6) is 0. The van der Waals surface area contributed by atoms with Gasteiger partial charge in [0, 0.05) is 75.0 Å². The van der Waals surface area contributed by atoms with Crippen LogP contribution in [0.3, 0.4) is 0 Å². The predicted molar refractivity (Wildman–Crippen MR) is 304 cm³/mol. The average molecular weight is 970 g/mol. The van der Waals surface area contributed by atoms with Crippen molar-refractivity contribution in [2.45, 2.75) is 10.8 Å². The van der Waals surface area contributed by atoms with Gasteiger partial charge in [-0.2, -0.15) is 0 Å². The largest absolute Gasteiger partial charge is 0.309 e. The second-order valence-corrected chi connectivity index (χ2v) is 19.9. The molecule has 7 aromatic carbocycles. The first-order valence-electron chi connectivity index (χ1n) is 25.8. The molecule has 7 aromatic heterocycles. The minimum atomic E-state index is -0.732. The zero-order chi connectivity index (χ0) is 50.0. The van der Waals surface area contributed by atoms with Gasteiger partial charge < -0.3 is 9.13 Å². The smallest absolute Gasteiger partial charge is 0.107 e. The summed E-state index contributed by atoms with van der Waals surface area (Å²) in [5, 5.41) is 4.79. The second-order valence-electron chi connectivity index (χ2n) is 19.9. The first-order chi connectivity index (χ1) is 37.7. The highest BCUT2D eigenvalue weighted by Crippen LogP contribution is 2.57. The number of nitrogens with zero attached hydrogens (tertiary/aromatic N) is 7. The van der Waals surface area contributed by atoms with Gasteiger partial charge in [-0.25, -0.2) is 0 Å². The van der Waals surface area contributed by atoms with Crippen LogP contribution in [0.5, 0.6) is 0 Å². The SMILES string of the molecule is c1ccc(C2(c3ccccn3)c3ccccc3-c3cc(-n4c5ccccc5c5cc(-c6ccc7c(c6)c6ccccc6n7-c6ccc7c(c6)-c6ncccc6C7(c6ccccn6)c6ccccn6)ccc54)ccc32)nc1. The number of rotatable bonds is 7. The molecular formula is C69H43N7. The first kappa shape index (κ1) is 42.4. The van der Waals surface area contributed by atoms with Gasteiger partial charge in [0.1, 0.15) is 10.8 Å². The van der Waals surface area contributed by atoms with E-state index in [1.54, 1.807) is 0 Å². The van der Waals surface area contributed by atoms with E-state index in [4.69, 9.17) is 24.9 Å². The molecule has 0 saturated heterocycles. The summed E-state index contributed by atoms with van der Waals surface area (Å²) in [5.41, 5.74) is 20.4. The molecule has 0 spiro atoms. The van der Waals surface area contributed by atoms with Gasteiger partial charge in [0.05, 0.1) is 50.5 Å². The van der Waals surface area contributed by atoms with Crippen molar-refractivity contribution in [3.05, 3.63) is 307 Å². The predicted octanol–water partition coefficient (Wildman–Crippen LogP) is 15.2. The van der Waals surface area contributed by atoms with Crippen molar-refractivity contribution >= 4 is 43.6 Å². The Morgan fingerprint density at radius 3 is 1.20 bits per heavy atom. The van der Waals surface area contributed by atoms with Crippen LogP contribution in [-0.4, -0.2) is 34.1 Å². The maximum atomic E-state index is 5.08. The minimum absolute atomic E-state index is 0.672. The lowest BCUT2D eigenvalue weighted by Crippen LogP contribution is -2.30. The molecule has 0 saturated carbocycles. The third kappa shape index (κ3) is 5.74. The van der Waals surface area contributed by atoms with E-state index in [0.717, 1.165) is 89.7 Å². The molecule has 2 aliphatic carbocycles. The van der Waals surface area contributed by atoms with Crippen molar-refractivity contribution < 1.29 is 0 Å². The van der Waals surface area contributed by atoms with Crippen molar-refractivity contribution in [2.75, 3.05) is 0 Å². The van der Waals surface area contributed by atoms with Crippen LogP contribution in [0.15, 0.2) is 262 Å². The average Bonchev–Trinajstić information content (AvgIpc) is 4.36. The van der Waals surface area contributed by atoms with Crippen molar-refractivity contribution in [1.82, 2.24) is 34.1 Å². The molecule has 0 unspecified atom stereocenters. The Bertz CT molecular complexity index is 4260. The summed E-state index contributed by atoms with van der Waals surface area (Å²) in [6.45, 7) is 0. The monoisotopic (exact) mass is 969 g/mol. The molecule has 2 aliphatic rings. The van der Waals surface area contributed by atoms with Crippen LogP contribution in [0.1, 0.15) is 45.0 Å². The number of aromatic nitrogens is 7. The highest BCUT2D eigenvalue weighted by Gasteiger charge is 2.50. The Kier molecular flexibility index (Phi) is 9.04. The van der Waals surface area contributed by atoms with Crippen molar-refractivity contribution in [3.63, 3.8) is 0 Å². The van der Waals surface area contributed by atoms with Crippen molar-refractivity contribution in [2.24, 2.45) is 0 Å². The van der Waals surface area contributed by atoms with Gasteiger partial charge in [-0.3, -0.25) is 24.9 Å². The van der Waals surface area contributed by atoms with E-state index in [2.05, 4.69) is 209 Å². The molecule has 7 heterocycles. The maximum absolute atomic E-state index is 5.08. The van der Waals surface area contributed by atoms with Gasteiger partial charge >= 0.3 is 0 Å². The second kappa shape index (κ2) is 16.2. The zero-order valence-electron chi connectivity index (χ0n) is 41.0. The molecule has 7 nitrogen and oxygen atoms in total. The summed E-state index contributed by atoms with van der Waals surface area (Å²) < 4.78 is 4.83. The summed E-state index contributed by atoms with van der Waals surface area (Å²) in [6.07, 6.45) is 9.42. The number of pyridine rings is 5. The molecule has 0 aliphatic heterocycles. The molecule has 0 bridgehead atoms. The minimum Gasteiger partial charge on any atom is -0.309 e. The number of benzene rings is 7. The maximum Gasteiger partial charge on any atom is 0.107 e. The molecule has 0 fully saturated rings. The van der Waals surface area contributed by atoms with E-state index in [9.17, 15) is 0 Å². The number of hydrogen-bond donors (Lipinski definition) is 0. The topological polar surface area (TPSA) is 74.3 Å². The van der Waals surface area contributed by atoms with E-state index in [0.29, 0.717) is 0 Å². The summed E-state index contributed by atoms with van der Waals surface area (Å²) in [6, 6.07) is 82.9. The first-order valence-corrected chi connectivity index (χ1v) is 25.8. The molecule has 7 heteroatoms. The molecule has 0 radical (unpaired) electrons. The lowest BCUT2D eigenvalue weighted by molar-refractivity contribution is 0.704. The Labute approximate surface area is 437 Å². The van der Waals surface area contributed by atoms with Gasteiger partial charge in [-0.05, 0) is 154 Å². The number of fused-ring (bicyclic) bond motifs is 12.